The van der Waals surface area contributed by atoms with Crippen LogP contribution in [0.1, 0.15) is 40.5 Å². The van der Waals surface area contributed by atoms with Gasteiger partial charge in [-0.15, -0.1) is 0 Å². The Morgan fingerprint density at radius 1 is 1.05 bits per heavy atom. The smallest absolute Gasteiger partial charge is 0.308 e. The Labute approximate surface area is 113 Å². The van der Waals surface area contributed by atoms with Gasteiger partial charge in [-0.2, -0.15) is 0 Å². The van der Waals surface area contributed by atoms with Gasteiger partial charge in [-0.25, -0.2) is 0 Å². The summed E-state index contributed by atoms with van der Waals surface area (Å²) < 4.78 is 4.65. The van der Waals surface area contributed by atoms with Gasteiger partial charge >= 0.3 is 5.97 Å². The molecular formula is C15H20O4. The maximum absolute atomic E-state index is 12.2. The minimum absolute atomic E-state index is 0.0715. The zero-order valence-electron chi connectivity index (χ0n) is 12.1. The van der Waals surface area contributed by atoms with Crippen LogP contribution in [0.25, 0.3) is 0 Å². The number of Topliss-reactive ketones (excluding diaryl/α,β-unsaturated/α-hetero) is 2. The van der Waals surface area contributed by atoms with Gasteiger partial charge in [-0.1, -0.05) is 6.92 Å². The standard InChI is InChI=1S/C15H20O4/c1-8(15(18)19-5)6-7-12-11(4)13(16)9(2)10(3)14(12)17/h8H,6-7H2,1-5H3. The highest BCUT2D eigenvalue weighted by molar-refractivity contribution is 6.24. The second kappa shape index (κ2) is 5.95. The summed E-state index contributed by atoms with van der Waals surface area (Å²) in [4.78, 5) is 35.5. The van der Waals surface area contributed by atoms with Crippen LogP contribution in [-0.2, 0) is 19.1 Å². The number of carbonyl (C=O) groups is 3. The first-order valence-corrected chi connectivity index (χ1v) is 6.35. The van der Waals surface area contributed by atoms with E-state index in [1.165, 1.54) is 7.11 Å². The number of hydrogen-bond donors (Lipinski definition) is 0. The minimum Gasteiger partial charge on any atom is -0.469 e. The van der Waals surface area contributed by atoms with Gasteiger partial charge in [0.2, 0.25) is 0 Å². The Morgan fingerprint density at radius 3 is 2.11 bits per heavy atom. The molecule has 19 heavy (non-hydrogen) atoms. The molecule has 0 fully saturated rings. The number of ketones is 2. The summed E-state index contributed by atoms with van der Waals surface area (Å²) in [5.41, 5.74) is 2.07. The molecule has 4 heteroatoms. The van der Waals surface area contributed by atoms with Crippen LogP contribution in [0.4, 0.5) is 0 Å². The fourth-order valence-corrected chi connectivity index (χ4v) is 2.14. The quantitative estimate of drug-likeness (QED) is 0.578. The van der Waals surface area contributed by atoms with Crippen LogP contribution in [0, 0.1) is 5.92 Å². The van der Waals surface area contributed by atoms with E-state index in [-0.39, 0.29) is 23.5 Å². The van der Waals surface area contributed by atoms with Gasteiger partial charge in [-0.3, -0.25) is 14.4 Å². The number of allylic oxidation sites excluding steroid dienone is 4. The normalized spacial score (nSPS) is 17.9. The van der Waals surface area contributed by atoms with Gasteiger partial charge in [-0.05, 0) is 33.6 Å². The molecule has 0 aromatic carbocycles. The summed E-state index contributed by atoms with van der Waals surface area (Å²) in [6, 6.07) is 0. The summed E-state index contributed by atoms with van der Waals surface area (Å²) in [6.45, 7) is 6.78. The van der Waals surface area contributed by atoms with E-state index in [1.54, 1.807) is 27.7 Å². The van der Waals surface area contributed by atoms with E-state index in [2.05, 4.69) is 4.74 Å². The number of rotatable bonds is 4. The van der Waals surface area contributed by atoms with Crippen molar-refractivity contribution in [2.45, 2.75) is 40.5 Å². The largest absolute Gasteiger partial charge is 0.469 e. The third kappa shape index (κ3) is 3.00. The number of methoxy groups -OCH3 is 1. The van der Waals surface area contributed by atoms with Gasteiger partial charge in [0, 0.05) is 22.3 Å². The van der Waals surface area contributed by atoms with Crippen LogP contribution in [-0.4, -0.2) is 24.6 Å². The van der Waals surface area contributed by atoms with Crippen molar-refractivity contribution in [2.24, 2.45) is 5.92 Å². The summed E-state index contributed by atoms with van der Waals surface area (Å²) in [5.74, 6) is -0.721. The third-order valence-electron chi connectivity index (χ3n) is 3.74. The molecule has 0 aliphatic heterocycles. The summed E-state index contributed by atoms with van der Waals surface area (Å²) in [6.07, 6.45) is 0.933. The second-order valence-electron chi connectivity index (χ2n) is 4.97. The van der Waals surface area contributed by atoms with Crippen LogP contribution >= 0.6 is 0 Å². The fraction of sp³-hybridized carbons (Fsp3) is 0.533. The molecule has 0 spiro atoms. The number of carbonyl (C=O) groups excluding carboxylic acids is 3. The Morgan fingerprint density at radius 2 is 1.58 bits per heavy atom. The lowest BCUT2D eigenvalue weighted by Gasteiger charge is -2.19. The molecule has 0 aromatic heterocycles. The summed E-state index contributed by atoms with van der Waals surface area (Å²) >= 11 is 0. The molecule has 4 nitrogen and oxygen atoms in total. The van der Waals surface area contributed by atoms with E-state index in [0.717, 1.165) is 0 Å². The molecule has 0 bridgehead atoms. The van der Waals surface area contributed by atoms with Crippen LogP contribution in [0.3, 0.4) is 0 Å². The van der Waals surface area contributed by atoms with Crippen molar-refractivity contribution in [3.63, 3.8) is 0 Å². The van der Waals surface area contributed by atoms with E-state index >= 15 is 0 Å². The first-order valence-electron chi connectivity index (χ1n) is 6.35. The van der Waals surface area contributed by atoms with Crippen LogP contribution in [0.2, 0.25) is 0 Å². The zero-order chi connectivity index (χ0) is 14.7. The molecule has 0 amide bonds. The number of hydrogen-bond acceptors (Lipinski definition) is 4. The summed E-state index contributed by atoms with van der Waals surface area (Å²) in [7, 11) is 1.34. The highest BCUT2D eigenvalue weighted by Crippen LogP contribution is 2.28. The highest BCUT2D eigenvalue weighted by atomic mass is 16.5. The molecule has 1 aliphatic rings. The Bertz CT molecular complexity index is 494. The highest BCUT2D eigenvalue weighted by Gasteiger charge is 2.28. The SMILES string of the molecule is COC(=O)C(C)CCC1=C(C)C(=O)C(C)=C(C)C1=O. The Balaban J connectivity index is 2.87. The zero-order valence-corrected chi connectivity index (χ0v) is 12.1. The fourth-order valence-electron chi connectivity index (χ4n) is 2.14. The molecule has 0 saturated heterocycles. The molecule has 1 atom stereocenters. The van der Waals surface area contributed by atoms with Gasteiger partial charge in [0.1, 0.15) is 0 Å². The average Bonchev–Trinajstić information content (AvgIpc) is 2.41. The van der Waals surface area contributed by atoms with Crippen LogP contribution < -0.4 is 0 Å². The van der Waals surface area contributed by atoms with E-state index in [0.29, 0.717) is 35.1 Å². The Hall–Kier alpha value is -1.71. The first kappa shape index (κ1) is 15.3. The molecule has 0 radical (unpaired) electrons. The van der Waals surface area contributed by atoms with E-state index in [9.17, 15) is 14.4 Å². The van der Waals surface area contributed by atoms with Gasteiger partial charge < -0.3 is 4.74 Å². The first-order chi connectivity index (χ1) is 8.81. The molecular weight excluding hydrogens is 244 g/mol. The van der Waals surface area contributed by atoms with Crippen molar-refractivity contribution >= 4 is 17.5 Å². The summed E-state index contributed by atoms with van der Waals surface area (Å²) in [5, 5.41) is 0. The van der Waals surface area contributed by atoms with Crippen molar-refractivity contribution in [3.8, 4) is 0 Å². The van der Waals surface area contributed by atoms with Crippen LogP contribution in [0.15, 0.2) is 22.3 Å². The van der Waals surface area contributed by atoms with Crippen molar-refractivity contribution < 1.29 is 19.1 Å². The predicted octanol–water partition coefficient (Wildman–Crippen LogP) is 2.38. The van der Waals surface area contributed by atoms with E-state index in [4.69, 9.17) is 0 Å². The number of ether oxygens (including phenoxy) is 1. The lowest BCUT2D eigenvalue weighted by molar-refractivity contribution is -0.145. The molecule has 1 rings (SSSR count). The maximum Gasteiger partial charge on any atom is 0.308 e. The van der Waals surface area contributed by atoms with E-state index in [1.807, 2.05) is 0 Å². The van der Waals surface area contributed by atoms with Gasteiger partial charge in [0.15, 0.2) is 11.6 Å². The van der Waals surface area contributed by atoms with Crippen molar-refractivity contribution in [2.75, 3.05) is 7.11 Å². The lowest BCUT2D eigenvalue weighted by Crippen LogP contribution is -2.22. The Kier molecular flexibility index (Phi) is 4.81. The van der Waals surface area contributed by atoms with Crippen molar-refractivity contribution in [1.82, 2.24) is 0 Å². The number of esters is 1. The van der Waals surface area contributed by atoms with Crippen molar-refractivity contribution in [1.29, 1.82) is 0 Å². The van der Waals surface area contributed by atoms with Gasteiger partial charge in [0.25, 0.3) is 0 Å². The average molecular weight is 264 g/mol. The molecule has 0 saturated carbocycles. The molecule has 0 aromatic rings. The molecule has 1 aliphatic carbocycles. The maximum atomic E-state index is 12.2. The molecule has 0 N–H and O–H groups in total. The van der Waals surface area contributed by atoms with Gasteiger partial charge in [0.05, 0.1) is 13.0 Å². The third-order valence-corrected chi connectivity index (χ3v) is 3.74. The topological polar surface area (TPSA) is 60.4 Å². The molecule has 0 heterocycles. The second-order valence-corrected chi connectivity index (χ2v) is 4.97. The molecule has 104 valence electrons. The van der Waals surface area contributed by atoms with E-state index < -0.39 is 0 Å². The van der Waals surface area contributed by atoms with Crippen molar-refractivity contribution in [3.05, 3.63) is 22.3 Å². The van der Waals surface area contributed by atoms with Crippen LogP contribution in [0.5, 0.6) is 0 Å². The monoisotopic (exact) mass is 264 g/mol. The molecule has 1 unspecified atom stereocenters. The predicted molar refractivity (Wildman–Crippen MR) is 71.5 cm³/mol. The minimum atomic E-state index is -0.295. The lowest BCUT2D eigenvalue weighted by atomic mass is 9.83.